The molecule has 2 rings (SSSR count). The molecular formula is C17H18N2O4. The summed E-state index contributed by atoms with van der Waals surface area (Å²) in [6.45, 7) is 2.48. The number of aromatic carboxylic acids is 1. The van der Waals surface area contributed by atoms with Crippen LogP contribution < -0.4 is 14.9 Å². The van der Waals surface area contributed by atoms with Gasteiger partial charge in [-0.2, -0.15) is 5.10 Å². The van der Waals surface area contributed by atoms with Crippen molar-refractivity contribution in [2.75, 3.05) is 19.1 Å². The van der Waals surface area contributed by atoms with Crippen LogP contribution in [0.4, 0.5) is 5.69 Å². The minimum Gasteiger partial charge on any atom is -0.493 e. The first-order valence-electron chi connectivity index (χ1n) is 7.07. The van der Waals surface area contributed by atoms with E-state index >= 15 is 0 Å². The van der Waals surface area contributed by atoms with Crippen LogP contribution in [0.15, 0.2) is 47.6 Å². The molecule has 0 saturated heterocycles. The van der Waals surface area contributed by atoms with E-state index in [4.69, 9.17) is 14.6 Å². The van der Waals surface area contributed by atoms with Crippen molar-refractivity contribution in [3.05, 3.63) is 53.6 Å². The van der Waals surface area contributed by atoms with Crippen LogP contribution in [0, 0.1) is 0 Å². The minimum atomic E-state index is -0.957. The lowest BCUT2D eigenvalue weighted by Crippen LogP contribution is -1.97. The molecule has 0 unspecified atom stereocenters. The predicted octanol–water partition coefficient (Wildman–Crippen LogP) is 3.24. The molecule has 0 aliphatic heterocycles. The van der Waals surface area contributed by atoms with E-state index in [9.17, 15) is 4.79 Å². The maximum absolute atomic E-state index is 10.8. The third-order valence-corrected chi connectivity index (χ3v) is 3.03. The predicted molar refractivity (Wildman–Crippen MR) is 88.8 cm³/mol. The summed E-state index contributed by atoms with van der Waals surface area (Å²) in [5, 5.41) is 13.0. The van der Waals surface area contributed by atoms with Crippen LogP contribution in [0.1, 0.15) is 22.8 Å². The van der Waals surface area contributed by atoms with Crippen molar-refractivity contribution >= 4 is 17.9 Å². The zero-order chi connectivity index (χ0) is 16.7. The number of carbonyl (C=O) groups is 1. The smallest absolute Gasteiger partial charge is 0.335 e. The largest absolute Gasteiger partial charge is 0.493 e. The summed E-state index contributed by atoms with van der Waals surface area (Å²) in [5.74, 6) is 0.368. The second-order valence-corrected chi connectivity index (χ2v) is 4.60. The fraction of sp³-hybridized carbons (Fsp3) is 0.176. The van der Waals surface area contributed by atoms with E-state index in [1.807, 2.05) is 25.1 Å². The Bertz CT molecular complexity index is 696. The molecule has 0 spiro atoms. The Labute approximate surface area is 134 Å². The molecule has 0 fully saturated rings. The van der Waals surface area contributed by atoms with Gasteiger partial charge in [0.2, 0.25) is 0 Å². The number of hydrazone groups is 1. The maximum Gasteiger partial charge on any atom is 0.335 e. The van der Waals surface area contributed by atoms with Crippen LogP contribution in [0.25, 0.3) is 0 Å². The lowest BCUT2D eigenvalue weighted by atomic mass is 10.2. The normalized spacial score (nSPS) is 10.5. The van der Waals surface area contributed by atoms with Gasteiger partial charge in [0.15, 0.2) is 11.5 Å². The fourth-order valence-electron chi connectivity index (χ4n) is 1.91. The third kappa shape index (κ3) is 4.47. The van der Waals surface area contributed by atoms with Gasteiger partial charge in [-0.3, -0.25) is 5.43 Å². The fourth-order valence-corrected chi connectivity index (χ4v) is 1.91. The van der Waals surface area contributed by atoms with E-state index in [0.29, 0.717) is 23.8 Å². The maximum atomic E-state index is 10.8. The lowest BCUT2D eigenvalue weighted by molar-refractivity contribution is 0.0697. The molecule has 6 nitrogen and oxygen atoms in total. The van der Waals surface area contributed by atoms with Crippen LogP contribution in [0.5, 0.6) is 11.5 Å². The minimum absolute atomic E-state index is 0.232. The van der Waals surface area contributed by atoms with Crippen LogP contribution in [0.3, 0.4) is 0 Å². The summed E-state index contributed by atoms with van der Waals surface area (Å²) in [6.07, 6.45) is 1.64. The molecule has 0 aliphatic rings. The summed E-state index contributed by atoms with van der Waals surface area (Å²) in [5.41, 5.74) is 4.62. The van der Waals surface area contributed by atoms with Gasteiger partial charge in [0.05, 0.1) is 31.2 Å². The van der Waals surface area contributed by atoms with E-state index in [1.54, 1.807) is 25.5 Å². The zero-order valence-corrected chi connectivity index (χ0v) is 12.9. The Hall–Kier alpha value is -3.02. The number of hydrogen-bond donors (Lipinski definition) is 2. The molecule has 0 heterocycles. The Kier molecular flexibility index (Phi) is 5.57. The summed E-state index contributed by atoms with van der Waals surface area (Å²) in [4.78, 5) is 10.8. The quantitative estimate of drug-likeness (QED) is 0.606. The first kappa shape index (κ1) is 16.4. The molecule has 2 aromatic rings. The van der Waals surface area contributed by atoms with Crippen LogP contribution in [-0.2, 0) is 0 Å². The molecule has 0 saturated carbocycles. The summed E-state index contributed by atoms with van der Waals surface area (Å²) in [6, 6.07) is 11.8. The number of benzene rings is 2. The number of hydrogen-bond acceptors (Lipinski definition) is 5. The molecule has 120 valence electrons. The Morgan fingerprint density at radius 2 is 1.96 bits per heavy atom. The van der Waals surface area contributed by atoms with E-state index in [1.165, 1.54) is 12.1 Å². The number of carboxylic acid groups (broad SMARTS) is 1. The lowest BCUT2D eigenvalue weighted by Gasteiger charge is -2.09. The molecule has 0 aromatic heterocycles. The average Bonchev–Trinajstić information content (AvgIpc) is 2.56. The molecule has 0 radical (unpaired) electrons. The number of nitrogens with one attached hydrogen (secondary N) is 1. The highest BCUT2D eigenvalue weighted by Crippen LogP contribution is 2.27. The van der Waals surface area contributed by atoms with E-state index in [0.717, 1.165) is 5.56 Å². The molecule has 0 bridgehead atoms. The van der Waals surface area contributed by atoms with E-state index < -0.39 is 5.97 Å². The Morgan fingerprint density at radius 3 is 2.57 bits per heavy atom. The summed E-state index contributed by atoms with van der Waals surface area (Å²) < 4.78 is 10.7. The van der Waals surface area contributed by atoms with Gasteiger partial charge in [-0.1, -0.05) is 0 Å². The Balaban J connectivity index is 2.03. The average molecular weight is 314 g/mol. The highest BCUT2D eigenvalue weighted by atomic mass is 16.5. The van der Waals surface area contributed by atoms with Crippen molar-refractivity contribution in [2.45, 2.75) is 6.92 Å². The van der Waals surface area contributed by atoms with Crippen LogP contribution in [0.2, 0.25) is 0 Å². The van der Waals surface area contributed by atoms with Gasteiger partial charge in [0, 0.05) is 0 Å². The van der Waals surface area contributed by atoms with Gasteiger partial charge >= 0.3 is 5.97 Å². The van der Waals surface area contributed by atoms with E-state index in [2.05, 4.69) is 10.5 Å². The number of rotatable bonds is 7. The monoisotopic (exact) mass is 314 g/mol. The van der Waals surface area contributed by atoms with Gasteiger partial charge < -0.3 is 14.6 Å². The van der Waals surface area contributed by atoms with Gasteiger partial charge in [-0.15, -0.1) is 0 Å². The molecule has 0 aliphatic carbocycles. The Morgan fingerprint density at radius 1 is 1.22 bits per heavy atom. The molecular weight excluding hydrogens is 296 g/mol. The molecule has 6 heteroatoms. The van der Waals surface area contributed by atoms with Gasteiger partial charge in [0.1, 0.15) is 0 Å². The molecule has 2 aromatic carbocycles. The van der Waals surface area contributed by atoms with Crippen LogP contribution in [-0.4, -0.2) is 31.0 Å². The standard InChI is InChI=1S/C17H18N2O4/c1-3-23-15-9-4-12(10-16(15)22-2)11-18-19-14-7-5-13(6-8-14)17(20)21/h4-11,19H,3H2,1-2H3,(H,20,21). The first-order chi connectivity index (χ1) is 11.1. The van der Waals surface area contributed by atoms with E-state index in [-0.39, 0.29) is 5.56 Å². The van der Waals surface area contributed by atoms with Crippen molar-refractivity contribution in [1.29, 1.82) is 0 Å². The highest BCUT2D eigenvalue weighted by Gasteiger charge is 2.04. The van der Waals surface area contributed by atoms with Gasteiger partial charge in [0.25, 0.3) is 0 Å². The molecule has 0 atom stereocenters. The SMILES string of the molecule is CCOc1ccc(C=NNc2ccc(C(=O)O)cc2)cc1OC. The van der Waals surface area contributed by atoms with Gasteiger partial charge in [-0.25, -0.2) is 4.79 Å². The third-order valence-electron chi connectivity index (χ3n) is 3.03. The van der Waals surface area contributed by atoms with Crippen molar-refractivity contribution in [2.24, 2.45) is 5.10 Å². The summed E-state index contributed by atoms with van der Waals surface area (Å²) in [7, 11) is 1.58. The van der Waals surface area contributed by atoms with Crippen molar-refractivity contribution < 1.29 is 19.4 Å². The number of nitrogens with zero attached hydrogens (tertiary/aromatic N) is 1. The summed E-state index contributed by atoms with van der Waals surface area (Å²) >= 11 is 0. The molecule has 2 N–H and O–H groups in total. The van der Waals surface area contributed by atoms with Crippen molar-refractivity contribution in [1.82, 2.24) is 0 Å². The topological polar surface area (TPSA) is 80.2 Å². The number of carboxylic acids is 1. The number of ether oxygens (including phenoxy) is 2. The first-order valence-corrected chi connectivity index (χ1v) is 7.07. The van der Waals surface area contributed by atoms with Crippen molar-refractivity contribution in [3.63, 3.8) is 0 Å². The second-order valence-electron chi connectivity index (χ2n) is 4.60. The molecule has 0 amide bonds. The van der Waals surface area contributed by atoms with Gasteiger partial charge in [-0.05, 0) is 55.0 Å². The van der Waals surface area contributed by atoms with Crippen molar-refractivity contribution in [3.8, 4) is 11.5 Å². The van der Waals surface area contributed by atoms with Crippen LogP contribution >= 0.6 is 0 Å². The molecule has 23 heavy (non-hydrogen) atoms. The zero-order valence-electron chi connectivity index (χ0n) is 12.9. The second kappa shape index (κ2) is 7.84. The highest BCUT2D eigenvalue weighted by molar-refractivity contribution is 5.88. The number of anilines is 1. The number of methoxy groups -OCH3 is 1.